The molecular formula is C10H14ClN3. The van der Waals surface area contributed by atoms with Gasteiger partial charge >= 0.3 is 0 Å². The van der Waals surface area contributed by atoms with Crippen LogP contribution in [0.3, 0.4) is 0 Å². The van der Waals surface area contributed by atoms with Gasteiger partial charge in [0.25, 0.3) is 0 Å². The van der Waals surface area contributed by atoms with Crippen LogP contribution in [0.25, 0.3) is 0 Å². The molecule has 14 heavy (non-hydrogen) atoms. The normalized spacial score (nSPS) is 22.4. The number of aryl methyl sites for hydroxylation is 1. The molecule has 0 radical (unpaired) electrons. The van der Waals surface area contributed by atoms with Gasteiger partial charge in [-0.15, -0.1) is 11.6 Å². The Morgan fingerprint density at radius 3 is 2.93 bits per heavy atom. The van der Waals surface area contributed by atoms with E-state index in [1.165, 1.54) is 0 Å². The second-order valence-electron chi connectivity index (χ2n) is 3.65. The highest BCUT2D eigenvalue weighted by molar-refractivity contribution is 6.21. The average molecular weight is 212 g/mol. The number of aromatic nitrogens is 2. The van der Waals surface area contributed by atoms with Crippen LogP contribution in [0.2, 0.25) is 0 Å². The minimum absolute atomic E-state index is 0.255. The molecule has 0 amide bonds. The first-order valence-corrected chi connectivity index (χ1v) is 5.37. The lowest BCUT2D eigenvalue weighted by atomic mass is 10.1. The molecule has 1 atom stereocenters. The Morgan fingerprint density at radius 2 is 2.21 bits per heavy atom. The molecule has 1 saturated heterocycles. The van der Waals surface area contributed by atoms with Crippen LogP contribution in [-0.4, -0.2) is 28.4 Å². The van der Waals surface area contributed by atoms with Crippen molar-refractivity contribution in [1.29, 1.82) is 0 Å². The van der Waals surface area contributed by atoms with E-state index in [-0.39, 0.29) is 5.38 Å². The van der Waals surface area contributed by atoms with E-state index in [0.717, 1.165) is 37.4 Å². The van der Waals surface area contributed by atoms with Gasteiger partial charge in [-0.2, -0.15) is 0 Å². The minimum atomic E-state index is 0.255. The first-order chi connectivity index (χ1) is 6.77. The molecule has 4 heteroatoms. The first-order valence-electron chi connectivity index (χ1n) is 4.94. The molecule has 0 saturated carbocycles. The lowest BCUT2D eigenvalue weighted by Gasteiger charge is -2.31. The molecule has 1 aliphatic heterocycles. The smallest absolute Gasteiger partial charge is 0.150 e. The van der Waals surface area contributed by atoms with E-state index in [1.54, 1.807) is 12.4 Å². The van der Waals surface area contributed by atoms with Gasteiger partial charge in [0, 0.05) is 25.5 Å². The molecule has 76 valence electrons. The number of halogens is 1. The molecule has 1 fully saturated rings. The molecular weight excluding hydrogens is 198 g/mol. The number of rotatable bonds is 1. The van der Waals surface area contributed by atoms with E-state index in [0.29, 0.717) is 0 Å². The van der Waals surface area contributed by atoms with Gasteiger partial charge in [0.2, 0.25) is 0 Å². The highest BCUT2D eigenvalue weighted by Crippen LogP contribution is 2.21. The Balaban J connectivity index is 2.18. The molecule has 0 spiro atoms. The van der Waals surface area contributed by atoms with Gasteiger partial charge in [-0.1, -0.05) is 0 Å². The fraction of sp³-hybridized carbons (Fsp3) is 0.600. The quantitative estimate of drug-likeness (QED) is 0.666. The SMILES string of the molecule is Cc1nccnc1N1CCCC(Cl)C1. The van der Waals surface area contributed by atoms with Gasteiger partial charge in [0.15, 0.2) is 0 Å². The molecule has 3 nitrogen and oxygen atoms in total. The van der Waals surface area contributed by atoms with Crippen LogP contribution in [-0.2, 0) is 0 Å². The van der Waals surface area contributed by atoms with Crippen molar-refractivity contribution in [2.24, 2.45) is 0 Å². The van der Waals surface area contributed by atoms with Crippen molar-refractivity contribution in [3.63, 3.8) is 0 Å². The maximum atomic E-state index is 6.12. The fourth-order valence-electron chi connectivity index (χ4n) is 1.83. The summed E-state index contributed by atoms with van der Waals surface area (Å²) in [5.41, 5.74) is 0.985. The van der Waals surface area contributed by atoms with Crippen LogP contribution in [0.4, 0.5) is 5.82 Å². The van der Waals surface area contributed by atoms with Crippen LogP contribution in [0.5, 0.6) is 0 Å². The van der Waals surface area contributed by atoms with Gasteiger partial charge in [0.05, 0.1) is 11.1 Å². The van der Waals surface area contributed by atoms with E-state index < -0.39 is 0 Å². The van der Waals surface area contributed by atoms with Crippen molar-refractivity contribution in [1.82, 2.24) is 9.97 Å². The summed E-state index contributed by atoms with van der Waals surface area (Å²) in [6, 6.07) is 0. The van der Waals surface area contributed by atoms with E-state index in [1.807, 2.05) is 6.92 Å². The Kier molecular flexibility index (Phi) is 2.87. The highest BCUT2D eigenvalue weighted by atomic mass is 35.5. The van der Waals surface area contributed by atoms with Crippen LogP contribution in [0, 0.1) is 6.92 Å². The third-order valence-corrected chi connectivity index (χ3v) is 2.87. The zero-order valence-corrected chi connectivity index (χ0v) is 9.04. The lowest BCUT2D eigenvalue weighted by Crippen LogP contribution is -2.37. The third kappa shape index (κ3) is 1.98. The fourth-order valence-corrected chi connectivity index (χ4v) is 2.15. The van der Waals surface area contributed by atoms with Gasteiger partial charge in [-0.05, 0) is 19.8 Å². The summed E-state index contributed by atoms with van der Waals surface area (Å²) in [6.45, 7) is 3.92. The largest absolute Gasteiger partial charge is 0.354 e. The summed E-state index contributed by atoms with van der Waals surface area (Å²) in [7, 11) is 0. The van der Waals surface area contributed by atoms with E-state index >= 15 is 0 Å². The molecule has 2 heterocycles. The van der Waals surface area contributed by atoms with E-state index in [4.69, 9.17) is 11.6 Å². The summed E-state index contributed by atoms with van der Waals surface area (Å²) in [5.74, 6) is 0.984. The highest BCUT2D eigenvalue weighted by Gasteiger charge is 2.20. The molecule has 0 aliphatic carbocycles. The molecule has 1 unspecified atom stereocenters. The average Bonchev–Trinajstić information content (AvgIpc) is 2.18. The number of hydrogen-bond donors (Lipinski definition) is 0. The summed E-state index contributed by atoms with van der Waals surface area (Å²) in [5, 5.41) is 0.255. The Hall–Kier alpha value is -0.830. The Morgan fingerprint density at radius 1 is 1.43 bits per heavy atom. The van der Waals surface area contributed by atoms with E-state index in [9.17, 15) is 0 Å². The van der Waals surface area contributed by atoms with Crippen molar-refractivity contribution < 1.29 is 0 Å². The summed E-state index contributed by atoms with van der Waals surface area (Å²) >= 11 is 6.12. The zero-order chi connectivity index (χ0) is 9.97. The van der Waals surface area contributed by atoms with Crippen molar-refractivity contribution in [2.75, 3.05) is 18.0 Å². The maximum Gasteiger partial charge on any atom is 0.150 e. The number of alkyl halides is 1. The van der Waals surface area contributed by atoms with Gasteiger partial charge in [-0.3, -0.25) is 4.98 Å². The van der Waals surface area contributed by atoms with Crippen LogP contribution >= 0.6 is 11.6 Å². The predicted molar refractivity (Wildman–Crippen MR) is 57.9 cm³/mol. The molecule has 1 aromatic heterocycles. The van der Waals surface area contributed by atoms with Crippen molar-refractivity contribution >= 4 is 17.4 Å². The first kappa shape index (κ1) is 9.71. The maximum absolute atomic E-state index is 6.12. The van der Waals surface area contributed by atoms with Crippen LogP contribution < -0.4 is 4.90 Å². The second kappa shape index (κ2) is 4.13. The Bertz CT molecular complexity index is 316. The van der Waals surface area contributed by atoms with Crippen molar-refractivity contribution in [3.8, 4) is 0 Å². The summed E-state index contributed by atoms with van der Waals surface area (Å²) in [6.07, 6.45) is 5.71. The Labute approximate surface area is 89.1 Å². The number of anilines is 1. The standard InChI is InChI=1S/C10H14ClN3/c1-8-10(13-5-4-12-8)14-6-2-3-9(11)7-14/h4-5,9H,2-3,6-7H2,1H3. The predicted octanol–water partition coefficient (Wildman–Crippen LogP) is 1.99. The number of hydrogen-bond acceptors (Lipinski definition) is 3. The molecule has 1 aliphatic rings. The zero-order valence-electron chi connectivity index (χ0n) is 8.28. The monoisotopic (exact) mass is 211 g/mol. The van der Waals surface area contributed by atoms with Crippen LogP contribution in [0.1, 0.15) is 18.5 Å². The van der Waals surface area contributed by atoms with E-state index in [2.05, 4.69) is 14.9 Å². The molecule has 0 bridgehead atoms. The van der Waals surface area contributed by atoms with Gasteiger partial charge < -0.3 is 4.90 Å². The minimum Gasteiger partial charge on any atom is -0.354 e. The number of nitrogens with zero attached hydrogens (tertiary/aromatic N) is 3. The van der Waals surface area contributed by atoms with Gasteiger partial charge in [0.1, 0.15) is 5.82 Å². The number of piperidine rings is 1. The second-order valence-corrected chi connectivity index (χ2v) is 4.27. The van der Waals surface area contributed by atoms with Gasteiger partial charge in [-0.25, -0.2) is 4.98 Å². The summed E-state index contributed by atoms with van der Waals surface area (Å²) < 4.78 is 0. The molecule has 0 N–H and O–H groups in total. The topological polar surface area (TPSA) is 29.0 Å². The molecule has 0 aromatic carbocycles. The molecule has 1 aromatic rings. The third-order valence-electron chi connectivity index (χ3n) is 2.52. The molecule has 2 rings (SSSR count). The van der Waals surface area contributed by atoms with Crippen LogP contribution in [0.15, 0.2) is 12.4 Å². The van der Waals surface area contributed by atoms with Crippen molar-refractivity contribution in [2.45, 2.75) is 25.1 Å². The lowest BCUT2D eigenvalue weighted by molar-refractivity contribution is 0.578. The summed E-state index contributed by atoms with van der Waals surface area (Å²) in [4.78, 5) is 10.8. The van der Waals surface area contributed by atoms with Crippen molar-refractivity contribution in [3.05, 3.63) is 18.1 Å².